The summed E-state index contributed by atoms with van der Waals surface area (Å²) in [6.07, 6.45) is 0. The summed E-state index contributed by atoms with van der Waals surface area (Å²) in [7, 11) is 1.95. The molecule has 0 aromatic carbocycles. The van der Waals surface area contributed by atoms with Crippen LogP contribution in [0.2, 0.25) is 0 Å². The van der Waals surface area contributed by atoms with Crippen molar-refractivity contribution < 1.29 is 0 Å². The molecular weight excluding hydrogens is 258 g/mol. The third kappa shape index (κ3) is 3.57. The van der Waals surface area contributed by atoms with Gasteiger partial charge in [-0.3, -0.25) is 9.58 Å². The topological polar surface area (TPSA) is 59.1 Å². The highest BCUT2D eigenvalue weighted by Crippen LogP contribution is 2.27. The van der Waals surface area contributed by atoms with E-state index in [0.717, 1.165) is 30.3 Å². The van der Waals surface area contributed by atoms with Crippen molar-refractivity contribution in [2.45, 2.75) is 19.8 Å². The number of thioether (sulfide) groups is 1. The van der Waals surface area contributed by atoms with Gasteiger partial charge >= 0.3 is 0 Å². The summed E-state index contributed by atoms with van der Waals surface area (Å²) < 4.78 is 1.86. The Balaban J connectivity index is 1.88. The van der Waals surface area contributed by atoms with E-state index in [9.17, 15) is 0 Å². The van der Waals surface area contributed by atoms with Crippen molar-refractivity contribution in [1.29, 1.82) is 0 Å². The Hall–Kier alpha value is -0.880. The zero-order chi connectivity index (χ0) is 13.8. The highest BCUT2D eigenvalue weighted by molar-refractivity contribution is 7.99. The van der Waals surface area contributed by atoms with Crippen LogP contribution < -0.4 is 11.1 Å². The molecule has 1 fully saturated rings. The van der Waals surface area contributed by atoms with Crippen LogP contribution in [0, 0.1) is 0 Å². The Kier molecular flexibility index (Phi) is 4.99. The van der Waals surface area contributed by atoms with Gasteiger partial charge in [-0.25, -0.2) is 0 Å². The molecule has 3 N–H and O–H groups in total. The Labute approximate surface area is 119 Å². The van der Waals surface area contributed by atoms with E-state index >= 15 is 0 Å². The van der Waals surface area contributed by atoms with E-state index in [2.05, 4.69) is 29.2 Å². The lowest BCUT2D eigenvalue weighted by molar-refractivity contribution is 0.314. The number of nitrogens with one attached hydrogen (secondary N) is 1. The van der Waals surface area contributed by atoms with Crippen LogP contribution in [0.25, 0.3) is 0 Å². The number of nitrogens with two attached hydrogens (primary N) is 1. The molecule has 2 heterocycles. The van der Waals surface area contributed by atoms with E-state index in [1.165, 1.54) is 24.6 Å². The average Bonchev–Trinajstić information content (AvgIpc) is 2.68. The fourth-order valence-corrected chi connectivity index (χ4v) is 3.33. The van der Waals surface area contributed by atoms with Crippen molar-refractivity contribution in [3.63, 3.8) is 0 Å². The lowest BCUT2D eigenvalue weighted by atomic mass is 10.1. The van der Waals surface area contributed by atoms with E-state index in [4.69, 9.17) is 5.73 Å². The number of nitrogen functional groups attached to an aromatic ring is 1. The van der Waals surface area contributed by atoms with Crippen LogP contribution in [0.1, 0.15) is 25.5 Å². The van der Waals surface area contributed by atoms with E-state index in [1.807, 2.05) is 23.5 Å². The van der Waals surface area contributed by atoms with E-state index in [1.54, 1.807) is 0 Å². The van der Waals surface area contributed by atoms with Crippen molar-refractivity contribution in [3.05, 3.63) is 5.69 Å². The third-order valence-corrected chi connectivity index (χ3v) is 4.43. The summed E-state index contributed by atoms with van der Waals surface area (Å²) in [5.74, 6) is 3.83. The number of hydrogen-bond acceptors (Lipinski definition) is 5. The molecule has 1 saturated heterocycles. The minimum absolute atomic E-state index is 0.362. The molecule has 0 unspecified atom stereocenters. The molecule has 0 amide bonds. The molecule has 0 atom stereocenters. The number of rotatable bonds is 5. The van der Waals surface area contributed by atoms with Crippen LogP contribution in [0.3, 0.4) is 0 Å². The van der Waals surface area contributed by atoms with Gasteiger partial charge in [0.05, 0.1) is 11.4 Å². The fourth-order valence-electron chi connectivity index (χ4n) is 2.35. The van der Waals surface area contributed by atoms with Gasteiger partial charge in [0, 0.05) is 44.7 Å². The second kappa shape index (κ2) is 6.52. The molecule has 6 heteroatoms. The second-order valence-corrected chi connectivity index (χ2v) is 6.53. The Morgan fingerprint density at radius 3 is 2.63 bits per heavy atom. The maximum atomic E-state index is 6.16. The van der Waals surface area contributed by atoms with Gasteiger partial charge in [-0.15, -0.1) is 0 Å². The average molecular weight is 283 g/mol. The smallest absolute Gasteiger partial charge is 0.147 e. The molecule has 1 aliphatic rings. The van der Waals surface area contributed by atoms with E-state index < -0.39 is 0 Å². The molecule has 108 valence electrons. The van der Waals surface area contributed by atoms with E-state index in [0.29, 0.717) is 5.92 Å². The van der Waals surface area contributed by atoms with Gasteiger partial charge in [0.15, 0.2) is 0 Å². The van der Waals surface area contributed by atoms with Crippen LogP contribution in [-0.4, -0.2) is 52.4 Å². The molecule has 0 radical (unpaired) electrons. The van der Waals surface area contributed by atoms with E-state index in [-0.39, 0.29) is 0 Å². The van der Waals surface area contributed by atoms with Gasteiger partial charge < -0.3 is 11.1 Å². The summed E-state index contributed by atoms with van der Waals surface area (Å²) in [6.45, 7) is 8.63. The van der Waals surface area contributed by atoms with Crippen molar-refractivity contribution in [2.75, 3.05) is 48.7 Å². The fraction of sp³-hybridized carbons (Fsp3) is 0.769. The minimum atomic E-state index is 0.362. The molecule has 1 aromatic rings. The molecule has 19 heavy (non-hydrogen) atoms. The first kappa shape index (κ1) is 14.5. The first-order valence-electron chi connectivity index (χ1n) is 6.96. The Morgan fingerprint density at radius 1 is 1.37 bits per heavy atom. The third-order valence-electron chi connectivity index (χ3n) is 3.48. The van der Waals surface area contributed by atoms with Gasteiger partial charge in [0.1, 0.15) is 5.82 Å². The molecule has 1 aromatic heterocycles. The van der Waals surface area contributed by atoms with Gasteiger partial charge in [0.2, 0.25) is 0 Å². The molecule has 0 spiro atoms. The van der Waals surface area contributed by atoms with Crippen LogP contribution in [0.4, 0.5) is 11.5 Å². The normalized spacial score (nSPS) is 17.1. The molecule has 0 bridgehead atoms. The molecular formula is C13H25N5S. The highest BCUT2D eigenvalue weighted by atomic mass is 32.2. The summed E-state index contributed by atoms with van der Waals surface area (Å²) in [5, 5.41) is 7.92. The molecule has 0 saturated carbocycles. The zero-order valence-electron chi connectivity index (χ0n) is 12.1. The van der Waals surface area contributed by atoms with Crippen LogP contribution in [-0.2, 0) is 7.05 Å². The summed E-state index contributed by atoms with van der Waals surface area (Å²) in [4.78, 5) is 2.50. The number of aromatic nitrogens is 2. The maximum Gasteiger partial charge on any atom is 0.147 e. The summed E-state index contributed by atoms with van der Waals surface area (Å²) >= 11 is 2.04. The minimum Gasteiger partial charge on any atom is -0.394 e. The lowest BCUT2D eigenvalue weighted by Crippen LogP contribution is -2.36. The number of aryl methyl sites for hydroxylation is 1. The first-order chi connectivity index (χ1) is 9.09. The van der Waals surface area contributed by atoms with Crippen molar-refractivity contribution >= 4 is 23.3 Å². The van der Waals surface area contributed by atoms with Crippen LogP contribution >= 0.6 is 11.8 Å². The van der Waals surface area contributed by atoms with Crippen molar-refractivity contribution in [2.24, 2.45) is 7.05 Å². The maximum absolute atomic E-state index is 6.16. The summed E-state index contributed by atoms with van der Waals surface area (Å²) in [5.41, 5.74) is 7.94. The Bertz CT molecular complexity index is 409. The number of hydrogen-bond donors (Lipinski definition) is 2. The standard InChI is InChI=1S/C13H25N5S/c1-10(2)12-11(14)13(17(3)16-12)15-4-5-18-6-8-19-9-7-18/h10,15H,4-9,14H2,1-3H3. The molecule has 0 aliphatic carbocycles. The quantitative estimate of drug-likeness (QED) is 0.859. The van der Waals surface area contributed by atoms with Crippen molar-refractivity contribution in [3.8, 4) is 0 Å². The predicted octanol–water partition coefficient (Wildman–Crippen LogP) is 1.59. The van der Waals surface area contributed by atoms with Crippen LogP contribution in [0.5, 0.6) is 0 Å². The molecule has 2 rings (SSSR count). The lowest BCUT2D eigenvalue weighted by Gasteiger charge is -2.26. The zero-order valence-corrected chi connectivity index (χ0v) is 13.0. The van der Waals surface area contributed by atoms with Gasteiger partial charge in [-0.05, 0) is 5.92 Å². The van der Waals surface area contributed by atoms with Gasteiger partial charge in [-0.2, -0.15) is 16.9 Å². The summed E-state index contributed by atoms with van der Waals surface area (Å²) in [6, 6.07) is 0. The second-order valence-electron chi connectivity index (χ2n) is 5.31. The van der Waals surface area contributed by atoms with Gasteiger partial charge in [-0.1, -0.05) is 13.8 Å². The largest absolute Gasteiger partial charge is 0.394 e. The van der Waals surface area contributed by atoms with Crippen LogP contribution in [0.15, 0.2) is 0 Å². The SMILES string of the molecule is CC(C)c1nn(C)c(NCCN2CCSCC2)c1N. The first-order valence-corrected chi connectivity index (χ1v) is 8.11. The predicted molar refractivity (Wildman–Crippen MR) is 84.0 cm³/mol. The van der Waals surface area contributed by atoms with Gasteiger partial charge in [0.25, 0.3) is 0 Å². The highest BCUT2D eigenvalue weighted by Gasteiger charge is 2.16. The van der Waals surface area contributed by atoms with Crippen molar-refractivity contribution in [1.82, 2.24) is 14.7 Å². The molecule has 1 aliphatic heterocycles. The monoisotopic (exact) mass is 283 g/mol. The number of anilines is 2. The molecule has 5 nitrogen and oxygen atoms in total. The Morgan fingerprint density at radius 2 is 2.05 bits per heavy atom. The number of nitrogens with zero attached hydrogens (tertiary/aromatic N) is 3.